The van der Waals surface area contributed by atoms with Crippen molar-refractivity contribution in [3.05, 3.63) is 23.9 Å². The molecule has 4 N–H and O–H groups in total. The van der Waals surface area contributed by atoms with Gasteiger partial charge in [0.1, 0.15) is 5.82 Å². The molecule has 0 aliphatic heterocycles. The quantitative estimate of drug-likeness (QED) is 0.843. The Hall–Kier alpha value is -0.740. The van der Waals surface area contributed by atoms with Crippen LogP contribution in [0.3, 0.4) is 0 Å². The van der Waals surface area contributed by atoms with Gasteiger partial charge in [0, 0.05) is 28.8 Å². The standard InChI is InChI=1S/C12H19N3S/c13-11(8-16-9-4-1-2-5-9)10-6-3-7-15-12(10)14/h3,6-7,9,11H,1-2,4-5,8,13H2,(H2,14,15). The van der Waals surface area contributed by atoms with Crippen LogP contribution in [0, 0.1) is 0 Å². The number of hydrogen-bond donors (Lipinski definition) is 2. The van der Waals surface area contributed by atoms with Crippen LogP contribution in [-0.2, 0) is 0 Å². The number of thioether (sulfide) groups is 1. The highest BCUT2D eigenvalue weighted by molar-refractivity contribution is 7.99. The molecule has 0 spiro atoms. The second-order valence-electron chi connectivity index (χ2n) is 4.32. The van der Waals surface area contributed by atoms with E-state index in [2.05, 4.69) is 4.98 Å². The van der Waals surface area contributed by atoms with Crippen molar-refractivity contribution < 1.29 is 0 Å². The molecule has 0 saturated heterocycles. The van der Waals surface area contributed by atoms with Crippen molar-refractivity contribution in [3.63, 3.8) is 0 Å². The number of hydrogen-bond acceptors (Lipinski definition) is 4. The van der Waals surface area contributed by atoms with E-state index in [1.807, 2.05) is 23.9 Å². The molecular formula is C12H19N3S. The Morgan fingerprint density at radius 1 is 1.44 bits per heavy atom. The first-order valence-corrected chi connectivity index (χ1v) is 6.90. The Morgan fingerprint density at radius 2 is 2.19 bits per heavy atom. The van der Waals surface area contributed by atoms with Crippen molar-refractivity contribution in [2.75, 3.05) is 11.5 Å². The summed E-state index contributed by atoms with van der Waals surface area (Å²) in [6.45, 7) is 0. The van der Waals surface area contributed by atoms with E-state index in [1.165, 1.54) is 25.7 Å². The van der Waals surface area contributed by atoms with Gasteiger partial charge < -0.3 is 11.5 Å². The monoisotopic (exact) mass is 237 g/mol. The van der Waals surface area contributed by atoms with E-state index in [9.17, 15) is 0 Å². The summed E-state index contributed by atoms with van der Waals surface area (Å²) in [5, 5.41) is 0.809. The van der Waals surface area contributed by atoms with E-state index < -0.39 is 0 Å². The summed E-state index contributed by atoms with van der Waals surface area (Å²) >= 11 is 1.99. The third-order valence-electron chi connectivity index (χ3n) is 3.08. The average Bonchev–Trinajstić information content (AvgIpc) is 2.79. The van der Waals surface area contributed by atoms with Crippen LogP contribution in [-0.4, -0.2) is 16.0 Å². The van der Waals surface area contributed by atoms with Gasteiger partial charge in [-0.1, -0.05) is 18.9 Å². The summed E-state index contributed by atoms with van der Waals surface area (Å²) in [6, 6.07) is 3.88. The smallest absolute Gasteiger partial charge is 0.128 e. The molecule has 0 amide bonds. The highest BCUT2D eigenvalue weighted by Gasteiger charge is 2.18. The first-order chi connectivity index (χ1) is 7.77. The number of pyridine rings is 1. The van der Waals surface area contributed by atoms with Gasteiger partial charge in [-0.2, -0.15) is 11.8 Å². The highest BCUT2D eigenvalue weighted by atomic mass is 32.2. The van der Waals surface area contributed by atoms with Crippen LogP contribution in [0.15, 0.2) is 18.3 Å². The molecule has 3 nitrogen and oxygen atoms in total. The Balaban J connectivity index is 1.87. The fourth-order valence-corrected chi connectivity index (χ4v) is 3.45. The molecule has 0 bridgehead atoms. The van der Waals surface area contributed by atoms with Crippen LogP contribution >= 0.6 is 11.8 Å². The molecule has 1 fully saturated rings. The maximum Gasteiger partial charge on any atom is 0.128 e. The van der Waals surface area contributed by atoms with Crippen LogP contribution in [0.5, 0.6) is 0 Å². The van der Waals surface area contributed by atoms with Gasteiger partial charge in [0.25, 0.3) is 0 Å². The molecule has 1 unspecified atom stereocenters. The van der Waals surface area contributed by atoms with Crippen molar-refractivity contribution in [3.8, 4) is 0 Å². The lowest BCUT2D eigenvalue weighted by molar-refractivity contribution is 0.818. The predicted octanol–water partition coefficient (Wildman–Crippen LogP) is 2.34. The van der Waals surface area contributed by atoms with Crippen LogP contribution in [0.25, 0.3) is 0 Å². The van der Waals surface area contributed by atoms with Gasteiger partial charge in [0.2, 0.25) is 0 Å². The van der Waals surface area contributed by atoms with Crippen molar-refractivity contribution in [1.29, 1.82) is 0 Å². The Labute approximate surface area is 101 Å². The van der Waals surface area contributed by atoms with E-state index >= 15 is 0 Å². The highest BCUT2D eigenvalue weighted by Crippen LogP contribution is 2.31. The van der Waals surface area contributed by atoms with Gasteiger partial charge in [-0.15, -0.1) is 0 Å². The predicted molar refractivity (Wildman–Crippen MR) is 70.3 cm³/mol. The molecule has 1 aliphatic carbocycles. The SMILES string of the molecule is Nc1ncccc1C(N)CSC1CCCC1. The number of rotatable bonds is 4. The molecule has 1 heterocycles. The third-order valence-corrected chi connectivity index (χ3v) is 4.58. The number of nitrogens with two attached hydrogens (primary N) is 2. The topological polar surface area (TPSA) is 64.9 Å². The van der Waals surface area contributed by atoms with Gasteiger partial charge in [-0.25, -0.2) is 4.98 Å². The molecule has 1 aliphatic rings. The molecule has 0 aromatic carbocycles. The molecule has 1 aromatic heterocycles. The first-order valence-electron chi connectivity index (χ1n) is 5.85. The van der Waals surface area contributed by atoms with Gasteiger partial charge in [-0.05, 0) is 18.9 Å². The van der Waals surface area contributed by atoms with E-state index in [-0.39, 0.29) is 6.04 Å². The maximum atomic E-state index is 6.13. The van der Waals surface area contributed by atoms with Crippen LogP contribution < -0.4 is 11.5 Å². The largest absolute Gasteiger partial charge is 0.383 e. The summed E-state index contributed by atoms with van der Waals surface area (Å²) in [6.07, 6.45) is 7.15. The van der Waals surface area contributed by atoms with Gasteiger partial charge in [-0.3, -0.25) is 0 Å². The number of anilines is 1. The zero-order chi connectivity index (χ0) is 11.4. The molecule has 88 valence electrons. The Kier molecular flexibility index (Phi) is 4.07. The molecule has 16 heavy (non-hydrogen) atoms. The molecule has 0 radical (unpaired) electrons. The molecular weight excluding hydrogens is 218 g/mol. The fourth-order valence-electron chi connectivity index (χ4n) is 2.13. The molecule has 4 heteroatoms. The third kappa shape index (κ3) is 2.89. The zero-order valence-electron chi connectivity index (χ0n) is 9.43. The Bertz CT molecular complexity index is 337. The fraction of sp³-hybridized carbons (Fsp3) is 0.583. The van der Waals surface area contributed by atoms with Crippen molar-refractivity contribution in [1.82, 2.24) is 4.98 Å². The summed E-state index contributed by atoms with van der Waals surface area (Å²) in [5.74, 6) is 1.52. The van der Waals surface area contributed by atoms with E-state index in [4.69, 9.17) is 11.5 Å². The minimum atomic E-state index is 0.0132. The molecule has 1 aromatic rings. The second kappa shape index (κ2) is 5.55. The van der Waals surface area contributed by atoms with E-state index in [0.717, 1.165) is 16.6 Å². The first kappa shape index (κ1) is 11.7. The zero-order valence-corrected chi connectivity index (χ0v) is 10.2. The van der Waals surface area contributed by atoms with Gasteiger partial charge in [0.15, 0.2) is 0 Å². The van der Waals surface area contributed by atoms with Gasteiger partial charge >= 0.3 is 0 Å². The maximum absolute atomic E-state index is 6.13. The molecule has 2 rings (SSSR count). The van der Waals surface area contributed by atoms with E-state index in [0.29, 0.717) is 5.82 Å². The van der Waals surface area contributed by atoms with Crippen molar-refractivity contribution in [2.24, 2.45) is 5.73 Å². The average molecular weight is 237 g/mol. The minimum Gasteiger partial charge on any atom is -0.383 e. The Morgan fingerprint density at radius 3 is 2.88 bits per heavy atom. The second-order valence-corrected chi connectivity index (χ2v) is 5.66. The summed E-state index contributed by atoms with van der Waals surface area (Å²) < 4.78 is 0. The summed E-state index contributed by atoms with van der Waals surface area (Å²) in [4.78, 5) is 4.07. The molecule has 1 atom stereocenters. The minimum absolute atomic E-state index is 0.0132. The normalized spacial score (nSPS) is 18.8. The number of aromatic nitrogens is 1. The lowest BCUT2D eigenvalue weighted by Crippen LogP contribution is -2.17. The van der Waals surface area contributed by atoms with E-state index in [1.54, 1.807) is 6.20 Å². The van der Waals surface area contributed by atoms with Crippen LogP contribution in [0.1, 0.15) is 37.3 Å². The number of nitrogen functional groups attached to an aromatic ring is 1. The van der Waals surface area contributed by atoms with Crippen LogP contribution in [0.2, 0.25) is 0 Å². The lowest BCUT2D eigenvalue weighted by atomic mass is 10.1. The molecule has 1 saturated carbocycles. The summed E-state index contributed by atoms with van der Waals surface area (Å²) in [5.41, 5.74) is 12.9. The van der Waals surface area contributed by atoms with Gasteiger partial charge in [0.05, 0.1) is 0 Å². The van der Waals surface area contributed by atoms with Crippen molar-refractivity contribution >= 4 is 17.6 Å². The van der Waals surface area contributed by atoms with Crippen LogP contribution in [0.4, 0.5) is 5.82 Å². The lowest BCUT2D eigenvalue weighted by Gasteiger charge is -2.15. The van der Waals surface area contributed by atoms with Crippen molar-refractivity contribution in [2.45, 2.75) is 37.0 Å². The summed E-state index contributed by atoms with van der Waals surface area (Å²) in [7, 11) is 0. The number of nitrogens with zero attached hydrogens (tertiary/aromatic N) is 1.